The minimum Gasteiger partial charge on any atom is -0.385 e. The van der Waals surface area contributed by atoms with E-state index < -0.39 is 5.60 Å². The molecule has 2 rings (SSSR count). The summed E-state index contributed by atoms with van der Waals surface area (Å²) in [6.07, 6.45) is 6.83. The van der Waals surface area contributed by atoms with Crippen molar-refractivity contribution in [2.45, 2.75) is 44.6 Å². The molecule has 0 aliphatic heterocycles. The lowest BCUT2D eigenvalue weighted by Crippen LogP contribution is -2.29. The van der Waals surface area contributed by atoms with E-state index in [2.05, 4.69) is 4.98 Å². The second-order valence-corrected chi connectivity index (χ2v) is 4.80. The molecule has 15 heavy (non-hydrogen) atoms. The third-order valence-electron chi connectivity index (χ3n) is 3.25. The molecule has 1 saturated carbocycles. The lowest BCUT2D eigenvalue weighted by atomic mass is 9.78. The van der Waals surface area contributed by atoms with Crippen molar-refractivity contribution < 1.29 is 5.11 Å². The Balaban J connectivity index is 2.38. The minimum atomic E-state index is -0.672. The van der Waals surface area contributed by atoms with Crippen LogP contribution in [-0.2, 0) is 5.60 Å². The fourth-order valence-electron chi connectivity index (χ4n) is 2.41. The Hall–Kier alpha value is -0.600. The van der Waals surface area contributed by atoms with Crippen LogP contribution in [0.5, 0.6) is 0 Å². The van der Waals surface area contributed by atoms with E-state index >= 15 is 0 Å². The molecule has 0 bridgehead atoms. The summed E-state index contributed by atoms with van der Waals surface area (Å²) in [5.74, 6) is 0. The number of aliphatic hydroxyl groups is 1. The van der Waals surface area contributed by atoms with Gasteiger partial charge in [0.2, 0.25) is 0 Å². The monoisotopic (exact) mass is 225 g/mol. The van der Waals surface area contributed by atoms with Gasteiger partial charge in [0.15, 0.2) is 0 Å². The van der Waals surface area contributed by atoms with E-state index in [4.69, 9.17) is 11.6 Å². The maximum atomic E-state index is 10.6. The van der Waals surface area contributed by atoms with E-state index in [1.807, 2.05) is 13.0 Å². The van der Waals surface area contributed by atoms with Crippen LogP contribution in [0.2, 0.25) is 5.15 Å². The molecule has 3 heteroatoms. The Morgan fingerprint density at radius 1 is 1.33 bits per heavy atom. The van der Waals surface area contributed by atoms with Crippen LogP contribution >= 0.6 is 11.6 Å². The average Bonchev–Trinajstić information content (AvgIpc) is 2.23. The van der Waals surface area contributed by atoms with Gasteiger partial charge in [-0.1, -0.05) is 30.9 Å². The lowest BCUT2D eigenvalue weighted by Gasteiger charge is -2.33. The topological polar surface area (TPSA) is 33.1 Å². The molecular weight excluding hydrogens is 210 g/mol. The number of pyridine rings is 1. The molecule has 1 heterocycles. The van der Waals surface area contributed by atoms with Crippen molar-refractivity contribution in [1.29, 1.82) is 0 Å². The van der Waals surface area contributed by atoms with Gasteiger partial charge in [0, 0.05) is 6.20 Å². The first-order chi connectivity index (χ1) is 7.12. The van der Waals surface area contributed by atoms with Crippen molar-refractivity contribution in [3.05, 3.63) is 28.5 Å². The van der Waals surface area contributed by atoms with Gasteiger partial charge in [-0.25, -0.2) is 4.98 Å². The smallest absolute Gasteiger partial charge is 0.129 e. The Labute approximate surface area is 95.3 Å². The zero-order valence-corrected chi connectivity index (χ0v) is 9.72. The normalized spacial score (nSPS) is 20.2. The molecule has 1 aliphatic carbocycles. The number of aryl methyl sites for hydroxylation is 1. The van der Waals surface area contributed by atoms with Crippen LogP contribution in [0.25, 0.3) is 0 Å². The molecule has 1 aliphatic rings. The van der Waals surface area contributed by atoms with Gasteiger partial charge in [0.1, 0.15) is 5.15 Å². The molecule has 0 spiro atoms. The molecule has 0 radical (unpaired) electrons. The molecule has 0 saturated heterocycles. The van der Waals surface area contributed by atoms with E-state index in [0.29, 0.717) is 5.15 Å². The highest BCUT2D eigenvalue weighted by Crippen LogP contribution is 2.38. The Morgan fingerprint density at radius 2 is 2.00 bits per heavy atom. The van der Waals surface area contributed by atoms with E-state index in [9.17, 15) is 5.11 Å². The fraction of sp³-hybridized carbons (Fsp3) is 0.583. The van der Waals surface area contributed by atoms with Gasteiger partial charge in [-0.3, -0.25) is 0 Å². The molecular formula is C12H16ClNO. The first-order valence-electron chi connectivity index (χ1n) is 5.47. The van der Waals surface area contributed by atoms with E-state index in [1.54, 1.807) is 6.20 Å². The number of halogens is 1. The minimum absolute atomic E-state index is 0.467. The van der Waals surface area contributed by atoms with Gasteiger partial charge < -0.3 is 5.11 Å². The van der Waals surface area contributed by atoms with Crippen LogP contribution < -0.4 is 0 Å². The van der Waals surface area contributed by atoms with Crippen LogP contribution in [0.15, 0.2) is 12.3 Å². The van der Waals surface area contributed by atoms with E-state index in [0.717, 1.165) is 36.8 Å². The molecule has 82 valence electrons. The molecule has 1 fully saturated rings. The molecule has 1 aromatic rings. The summed E-state index contributed by atoms with van der Waals surface area (Å²) in [5.41, 5.74) is 1.32. The number of aromatic nitrogens is 1. The summed E-state index contributed by atoms with van der Waals surface area (Å²) < 4.78 is 0. The van der Waals surface area contributed by atoms with Gasteiger partial charge in [-0.05, 0) is 37.0 Å². The van der Waals surface area contributed by atoms with Crippen molar-refractivity contribution in [1.82, 2.24) is 4.98 Å². The van der Waals surface area contributed by atoms with Crippen molar-refractivity contribution in [3.8, 4) is 0 Å². The van der Waals surface area contributed by atoms with Crippen LogP contribution in [0.1, 0.15) is 43.2 Å². The fourth-order valence-corrected chi connectivity index (χ4v) is 2.56. The van der Waals surface area contributed by atoms with Gasteiger partial charge >= 0.3 is 0 Å². The van der Waals surface area contributed by atoms with Gasteiger partial charge in [0.25, 0.3) is 0 Å². The molecule has 1 N–H and O–H groups in total. The van der Waals surface area contributed by atoms with Crippen LogP contribution in [0.3, 0.4) is 0 Å². The number of rotatable bonds is 1. The Bertz CT molecular complexity index is 359. The maximum Gasteiger partial charge on any atom is 0.129 e. The van der Waals surface area contributed by atoms with Gasteiger partial charge in [-0.2, -0.15) is 0 Å². The zero-order valence-electron chi connectivity index (χ0n) is 8.96. The van der Waals surface area contributed by atoms with E-state index in [1.165, 1.54) is 6.42 Å². The quantitative estimate of drug-likeness (QED) is 0.745. The Morgan fingerprint density at radius 3 is 2.67 bits per heavy atom. The third-order valence-corrected chi connectivity index (χ3v) is 3.46. The molecule has 0 aromatic carbocycles. The SMILES string of the molecule is Cc1cnc(Cl)cc1C1(O)CCCCC1. The van der Waals surface area contributed by atoms with Crippen LogP contribution in [0, 0.1) is 6.92 Å². The lowest BCUT2D eigenvalue weighted by molar-refractivity contribution is -0.00125. The zero-order chi connectivity index (χ0) is 10.9. The first-order valence-corrected chi connectivity index (χ1v) is 5.85. The Kier molecular flexibility index (Phi) is 2.98. The molecule has 2 nitrogen and oxygen atoms in total. The molecule has 0 amide bonds. The summed E-state index contributed by atoms with van der Waals surface area (Å²) in [5, 5.41) is 11.0. The summed E-state index contributed by atoms with van der Waals surface area (Å²) in [6, 6.07) is 1.81. The highest BCUT2D eigenvalue weighted by Gasteiger charge is 2.32. The van der Waals surface area contributed by atoms with Crippen molar-refractivity contribution in [2.75, 3.05) is 0 Å². The number of hydrogen-bond donors (Lipinski definition) is 1. The number of nitrogens with zero attached hydrogens (tertiary/aromatic N) is 1. The third kappa shape index (κ3) is 2.16. The summed E-state index contributed by atoms with van der Waals surface area (Å²) in [4.78, 5) is 4.02. The first kappa shape index (κ1) is 10.9. The van der Waals surface area contributed by atoms with Crippen LogP contribution in [0.4, 0.5) is 0 Å². The predicted octanol–water partition coefficient (Wildman–Crippen LogP) is 3.20. The summed E-state index contributed by atoms with van der Waals surface area (Å²) >= 11 is 5.88. The van der Waals surface area contributed by atoms with Crippen LogP contribution in [-0.4, -0.2) is 10.1 Å². The molecule has 0 atom stereocenters. The standard InChI is InChI=1S/C12H16ClNO/c1-9-8-14-11(13)7-10(9)12(15)5-3-2-4-6-12/h7-8,15H,2-6H2,1H3. The molecule has 0 unspecified atom stereocenters. The average molecular weight is 226 g/mol. The highest BCUT2D eigenvalue weighted by molar-refractivity contribution is 6.29. The predicted molar refractivity (Wildman–Crippen MR) is 61.0 cm³/mol. The second-order valence-electron chi connectivity index (χ2n) is 4.41. The highest BCUT2D eigenvalue weighted by atomic mass is 35.5. The second kappa shape index (κ2) is 4.11. The van der Waals surface area contributed by atoms with Crippen molar-refractivity contribution in [2.24, 2.45) is 0 Å². The maximum absolute atomic E-state index is 10.6. The van der Waals surface area contributed by atoms with Gasteiger partial charge in [-0.15, -0.1) is 0 Å². The molecule has 1 aromatic heterocycles. The largest absolute Gasteiger partial charge is 0.385 e. The summed E-state index contributed by atoms with van der Waals surface area (Å²) in [6.45, 7) is 1.98. The van der Waals surface area contributed by atoms with Crippen molar-refractivity contribution in [3.63, 3.8) is 0 Å². The number of hydrogen-bond acceptors (Lipinski definition) is 2. The van der Waals surface area contributed by atoms with Gasteiger partial charge in [0.05, 0.1) is 5.60 Å². The van der Waals surface area contributed by atoms with E-state index in [-0.39, 0.29) is 0 Å². The van der Waals surface area contributed by atoms with Crippen molar-refractivity contribution >= 4 is 11.6 Å². The summed E-state index contributed by atoms with van der Waals surface area (Å²) in [7, 11) is 0.